The summed E-state index contributed by atoms with van der Waals surface area (Å²) < 4.78 is 0. The quantitative estimate of drug-likeness (QED) is 0.806. The molecule has 0 aliphatic carbocycles. The summed E-state index contributed by atoms with van der Waals surface area (Å²) in [6.45, 7) is 4.90. The van der Waals surface area contributed by atoms with Crippen molar-refractivity contribution in [2.45, 2.75) is 13.8 Å². The number of halogens is 1. The van der Waals surface area contributed by atoms with Gasteiger partial charge < -0.3 is 10.4 Å². The van der Waals surface area contributed by atoms with Crippen molar-refractivity contribution in [1.29, 1.82) is 0 Å². The maximum absolute atomic E-state index is 9.06. The molecule has 0 saturated carbocycles. The predicted octanol–water partition coefficient (Wildman–Crippen LogP) is 2.77. The number of aliphatic hydroxyl groups is 1. The standard InChI is InChI=1S/C11H16ClNO/c1-11(2,8-14)7-13-10-5-3-4-9(12)6-10/h3-6,13-14H,7-8H2,1-2H3. The third-order valence-corrected chi connectivity index (χ3v) is 2.26. The average Bonchev–Trinajstić information content (AvgIpc) is 2.15. The lowest BCUT2D eigenvalue weighted by molar-refractivity contribution is 0.171. The molecule has 2 nitrogen and oxygen atoms in total. The maximum atomic E-state index is 9.06. The van der Waals surface area contributed by atoms with Crippen LogP contribution in [-0.4, -0.2) is 18.3 Å². The summed E-state index contributed by atoms with van der Waals surface area (Å²) in [5.74, 6) is 0. The predicted molar refractivity (Wildman–Crippen MR) is 60.8 cm³/mol. The van der Waals surface area contributed by atoms with E-state index < -0.39 is 0 Å². The van der Waals surface area contributed by atoms with Crippen molar-refractivity contribution >= 4 is 17.3 Å². The van der Waals surface area contributed by atoms with Gasteiger partial charge in [-0.25, -0.2) is 0 Å². The zero-order valence-corrected chi connectivity index (χ0v) is 9.30. The maximum Gasteiger partial charge on any atom is 0.0498 e. The fourth-order valence-corrected chi connectivity index (χ4v) is 1.19. The Morgan fingerprint density at radius 1 is 1.43 bits per heavy atom. The second-order valence-electron chi connectivity index (χ2n) is 4.19. The van der Waals surface area contributed by atoms with Crippen LogP contribution in [0.4, 0.5) is 5.69 Å². The molecule has 0 aliphatic rings. The van der Waals surface area contributed by atoms with Gasteiger partial charge in [-0.15, -0.1) is 0 Å². The fraction of sp³-hybridized carbons (Fsp3) is 0.455. The summed E-state index contributed by atoms with van der Waals surface area (Å²) in [5, 5.41) is 13.0. The van der Waals surface area contributed by atoms with Crippen molar-refractivity contribution in [1.82, 2.24) is 0 Å². The molecular formula is C11H16ClNO. The zero-order valence-electron chi connectivity index (χ0n) is 8.55. The first-order valence-electron chi connectivity index (χ1n) is 4.64. The number of nitrogens with one attached hydrogen (secondary N) is 1. The minimum Gasteiger partial charge on any atom is -0.396 e. The van der Waals surface area contributed by atoms with Gasteiger partial charge in [0.05, 0.1) is 0 Å². The SMILES string of the molecule is CC(C)(CO)CNc1cccc(Cl)c1. The topological polar surface area (TPSA) is 32.3 Å². The molecule has 0 atom stereocenters. The Labute approximate surface area is 89.9 Å². The van der Waals surface area contributed by atoms with E-state index in [9.17, 15) is 0 Å². The summed E-state index contributed by atoms with van der Waals surface area (Å²) in [6, 6.07) is 7.56. The van der Waals surface area contributed by atoms with Gasteiger partial charge in [0.2, 0.25) is 0 Å². The molecule has 1 rings (SSSR count). The lowest BCUT2D eigenvalue weighted by Gasteiger charge is -2.22. The number of rotatable bonds is 4. The normalized spacial score (nSPS) is 11.4. The van der Waals surface area contributed by atoms with E-state index in [4.69, 9.17) is 16.7 Å². The smallest absolute Gasteiger partial charge is 0.0498 e. The van der Waals surface area contributed by atoms with E-state index in [-0.39, 0.29) is 12.0 Å². The Morgan fingerprint density at radius 2 is 2.14 bits per heavy atom. The number of hydrogen-bond acceptors (Lipinski definition) is 2. The van der Waals surface area contributed by atoms with Gasteiger partial charge in [-0.05, 0) is 18.2 Å². The van der Waals surface area contributed by atoms with Crippen molar-refractivity contribution in [3.8, 4) is 0 Å². The second kappa shape index (κ2) is 4.67. The number of anilines is 1. The molecule has 0 aliphatic heterocycles. The van der Waals surface area contributed by atoms with Gasteiger partial charge in [-0.2, -0.15) is 0 Å². The summed E-state index contributed by atoms with van der Waals surface area (Å²) in [4.78, 5) is 0. The van der Waals surface area contributed by atoms with Crippen LogP contribution in [0.2, 0.25) is 5.02 Å². The van der Waals surface area contributed by atoms with Gasteiger partial charge in [0, 0.05) is 29.3 Å². The van der Waals surface area contributed by atoms with E-state index in [0.717, 1.165) is 17.3 Å². The highest BCUT2D eigenvalue weighted by Gasteiger charge is 2.15. The Morgan fingerprint density at radius 3 is 2.71 bits per heavy atom. The molecule has 3 heteroatoms. The molecule has 0 unspecified atom stereocenters. The highest BCUT2D eigenvalue weighted by molar-refractivity contribution is 6.30. The average molecular weight is 214 g/mol. The minimum atomic E-state index is -0.109. The Kier molecular flexibility index (Phi) is 3.78. The first-order valence-corrected chi connectivity index (χ1v) is 5.02. The highest BCUT2D eigenvalue weighted by Crippen LogP contribution is 2.18. The highest BCUT2D eigenvalue weighted by atomic mass is 35.5. The molecular weight excluding hydrogens is 198 g/mol. The molecule has 1 aromatic rings. The molecule has 0 radical (unpaired) electrons. The lowest BCUT2D eigenvalue weighted by atomic mass is 9.95. The van der Waals surface area contributed by atoms with Crippen LogP contribution in [0.15, 0.2) is 24.3 Å². The molecule has 0 aromatic heterocycles. The zero-order chi connectivity index (χ0) is 10.6. The van der Waals surface area contributed by atoms with Gasteiger partial charge in [0.1, 0.15) is 0 Å². The fourth-order valence-electron chi connectivity index (χ4n) is 0.996. The summed E-state index contributed by atoms with van der Waals surface area (Å²) in [7, 11) is 0. The van der Waals surface area contributed by atoms with E-state index in [0.29, 0.717) is 0 Å². The van der Waals surface area contributed by atoms with Crippen LogP contribution in [0.3, 0.4) is 0 Å². The number of benzene rings is 1. The van der Waals surface area contributed by atoms with Crippen molar-refractivity contribution in [3.05, 3.63) is 29.3 Å². The molecule has 2 N–H and O–H groups in total. The van der Waals surface area contributed by atoms with Crippen LogP contribution in [-0.2, 0) is 0 Å². The van der Waals surface area contributed by atoms with Crippen LogP contribution >= 0.6 is 11.6 Å². The number of aliphatic hydroxyl groups excluding tert-OH is 1. The van der Waals surface area contributed by atoms with Crippen LogP contribution in [0.1, 0.15) is 13.8 Å². The van der Waals surface area contributed by atoms with Crippen LogP contribution in [0.25, 0.3) is 0 Å². The first kappa shape index (κ1) is 11.3. The van der Waals surface area contributed by atoms with E-state index in [1.807, 2.05) is 38.1 Å². The Hall–Kier alpha value is -0.730. The van der Waals surface area contributed by atoms with Gasteiger partial charge in [0.25, 0.3) is 0 Å². The van der Waals surface area contributed by atoms with Gasteiger partial charge >= 0.3 is 0 Å². The molecule has 0 saturated heterocycles. The lowest BCUT2D eigenvalue weighted by Crippen LogP contribution is -2.26. The van der Waals surface area contributed by atoms with Crippen LogP contribution in [0, 0.1) is 5.41 Å². The molecule has 14 heavy (non-hydrogen) atoms. The molecule has 0 heterocycles. The van der Waals surface area contributed by atoms with E-state index >= 15 is 0 Å². The third-order valence-electron chi connectivity index (χ3n) is 2.02. The van der Waals surface area contributed by atoms with E-state index in [1.54, 1.807) is 0 Å². The van der Waals surface area contributed by atoms with Crippen molar-refractivity contribution in [2.75, 3.05) is 18.5 Å². The molecule has 0 spiro atoms. The Balaban J connectivity index is 2.54. The van der Waals surface area contributed by atoms with Crippen molar-refractivity contribution in [3.63, 3.8) is 0 Å². The summed E-state index contributed by atoms with van der Waals surface area (Å²) in [6.07, 6.45) is 0. The Bertz CT molecular complexity index is 299. The minimum absolute atomic E-state index is 0.109. The largest absolute Gasteiger partial charge is 0.396 e. The van der Waals surface area contributed by atoms with Gasteiger partial charge in [-0.1, -0.05) is 31.5 Å². The summed E-state index contributed by atoms with van der Waals surface area (Å²) >= 11 is 5.84. The van der Waals surface area contributed by atoms with Crippen molar-refractivity contribution < 1.29 is 5.11 Å². The molecule has 1 aromatic carbocycles. The second-order valence-corrected chi connectivity index (χ2v) is 4.62. The van der Waals surface area contributed by atoms with Gasteiger partial charge in [0.15, 0.2) is 0 Å². The molecule has 0 amide bonds. The van der Waals surface area contributed by atoms with Gasteiger partial charge in [-0.3, -0.25) is 0 Å². The van der Waals surface area contributed by atoms with E-state index in [2.05, 4.69) is 5.32 Å². The monoisotopic (exact) mass is 213 g/mol. The van der Waals surface area contributed by atoms with Crippen molar-refractivity contribution in [2.24, 2.45) is 5.41 Å². The molecule has 78 valence electrons. The molecule has 0 bridgehead atoms. The van der Waals surface area contributed by atoms with Crippen LogP contribution < -0.4 is 5.32 Å². The first-order chi connectivity index (χ1) is 6.53. The number of hydrogen-bond donors (Lipinski definition) is 2. The van der Waals surface area contributed by atoms with Crippen LogP contribution in [0.5, 0.6) is 0 Å². The summed E-state index contributed by atoms with van der Waals surface area (Å²) in [5.41, 5.74) is 0.876. The van der Waals surface area contributed by atoms with E-state index in [1.165, 1.54) is 0 Å². The third kappa shape index (κ3) is 3.56. The molecule has 0 fully saturated rings.